The van der Waals surface area contributed by atoms with Gasteiger partial charge in [0.15, 0.2) is 11.9 Å². The molecular weight excluding hydrogens is 256 g/mol. The summed E-state index contributed by atoms with van der Waals surface area (Å²) in [5.74, 6) is 0. The van der Waals surface area contributed by atoms with Gasteiger partial charge in [-0.15, -0.1) is 0 Å². The van der Waals surface area contributed by atoms with Crippen molar-refractivity contribution < 1.29 is 13.9 Å². The number of anilines is 1. The van der Waals surface area contributed by atoms with Crippen LogP contribution in [0.25, 0.3) is 11.1 Å². The first-order valence-electron chi connectivity index (χ1n) is 5.66. The van der Waals surface area contributed by atoms with Crippen LogP contribution in [0.15, 0.2) is 16.5 Å². The number of aromatic nitrogens is 1. The van der Waals surface area contributed by atoms with Crippen LogP contribution in [0.2, 0.25) is 5.02 Å². The zero-order valence-corrected chi connectivity index (χ0v) is 10.3. The quantitative estimate of drug-likeness (QED) is 0.780. The van der Waals surface area contributed by atoms with E-state index in [2.05, 4.69) is 4.98 Å². The molecule has 18 heavy (non-hydrogen) atoms. The van der Waals surface area contributed by atoms with Crippen LogP contribution in [0.1, 0.15) is 10.4 Å². The van der Waals surface area contributed by atoms with E-state index in [-0.39, 0.29) is 0 Å². The second-order valence-electron chi connectivity index (χ2n) is 4.06. The number of rotatable bonds is 2. The van der Waals surface area contributed by atoms with Crippen molar-refractivity contribution in [1.29, 1.82) is 0 Å². The fraction of sp³-hybridized carbons (Fsp3) is 0.333. The molecule has 1 aromatic heterocycles. The molecule has 1 fully saturated rings. The van der Waals surface area contributed by atoms with Crippen molar-refractivity contribution in [3.05, 3.63) is 22.7 Å². The highest BCUT2D eigenvalue weighted by Gasteiger charge is 2.18. The maximum absolute atomic E-state index is 11.0. The third-order valence-electron chi connectivity index (χ3n) is 2.89. The molecule has 0 unspecified atom stereocenters. The number of carbonyl (C=O) groups excluding carboxylic acids is 1. The summed E-state index contributed by atoms with van der Waals surface area (Å²) >= 11 is 5.92. The molecule has 0 spiro atoms. The van der Waals surface area contributed by atoms with Crippen molar-refractivity contribution in [1.82, 2.24) is 4.98 Å². The zero-order chi connectivity index (χ0) is 12.5. The fourth-order valence-corrected chi connectivity index (χ4v) is 2.21. The monoisotopic (exact) mass is 266 g/mol. The first-order chi connectivity index (χ1) is 8.78. The van der Waals surface area contributed by atoms with Gasteiger partial charge in [0.05, 0.1) is 13.2 Å². The minimum atomic E-state index is 0.445. The van der Waals surface area contributed by atoms with Crippen LogP contribution in [0.5, 0.6) is 0 Å². The second-order valence-corrected chi connectivity index (χ2v) is 4.49. The first-order valence-corrected chi connectivity index (χ1v) is 6.03. The van der Waals surface area contributed by atoms with Crippen LogP contribution in [0.4, 0.5) is 6.01 Å². The van der Waals surface area contributed by atoms with Gasteiger partial charge >= 0.3 is 0 Å². The number of hydrogen-bond donors (Lipinski definition) is 0. The molecule has 3 rings (SSSR count). The van der Waals surface area contributed by atoms with E-state index in [1.807, 2.05) is 4.90 Å². The Balaban J connectivity index is 2.06. The summed E-state index contributed by atoms with van der Waals surface area (Å²) < 4.78 is 10.9. The Kier molecular flexibility index (Phi) is 2.93. The lowest BCUT2D eigenvalue weighted by Gasteiger charge is -2.24. The molecule has 1 aliphatic heterocycles. The minimum absolute atomic E-state index is 0.445. The average Bonchev–Trinajstić information content (AvgIpc) is 2.82. The predicted octanol–water partition coefficient (Wildman–Crippen LogP) is 2.13. The molecule has 0 aliphatic carbocycles. The predicted molar refractivity (Wildman–Crippen MR) is 67.4 cm³/mol. The van der Waals surface area contributed by atoms with Crippen molar-refractivity contribution in [3.63, 3.8) is 0 Å². The third-order valence-corrected chi connectivity index (χ3v) is 3.10. The highest BCUT2D eigenvalue weighted by Crippen LogP contribution is 2.27. The third kappa shape index (κ3) is 1.95. The Labute approximate surface area is 108 Å². The van der Waals surface area contributed by atoms with Gasteiger partial charge in [-0.05, 0) is 6.07 Å². The largest absolute Gasteiger partial charge is 0.423 e. The molecule has 6 heteroatoms. The van der Waals surface area contributed by atoms with Crippen molar-refractivity contribution in [2.24, 2.45) is 0 Å². The van der Waals surface area contributed by atoms with Crippen molar-refractivity contribution >= 4 is 35.0 Å². The molecule has 0 N–H and O–H groups in total. The van der Waals surface area contributed by atoms with Gasteiger partial charge < -0.3 is 14.1 Å². The fourth-order valence-electron chi connectivity index (χ4n) is 1.99. The first kappa shape index (κ1) is 11.5. The van der Waals surface area contributed by atoms with Crippen LogP contribution < -0.4 is 4.90 Å². The number of hydrogen-bond acceptors (Lipinski definition) is 5. The number of aldehydes is 1. The standard InChI is InChI=1S/C12H11ClN2O3/c13-9-5-8(7-16)11-10(6-9)18-12(14-11)15-1-3-17-4-2-15/h5-7H,1-4H2. The Hall–Kier alpha value is -1.59. The normalized spacial score (nSPS) is 16.2. The number of fused-ring (bicyclic) bond motifs is 1. The topological polar surface area (TPSA) is 55.6 Å². The number of nitrogens with zero attached hydrogens (tertiary/aromatic N) is 2. The number of oxazole rings is 1. The SMILES string of the molecule is O=Cc1cc(Cl)cc2oc(N3CCOCC3)nc12. The summed E-state index contributed by atoms with van der Waals surface area (Å²) in [6.45, 7) is 2.77. The van der Waals surface area contributed by atoms with Gasteiger partial charge in [0.2, 0.25) is 0 Å². The van der Waals surface area contributed by atoms with Gasteiger partial charge in [-0.25, -0.2) is 0 Å². The maximum Gasteiger partial charge on any atom is 0.298 e. The molecule has 0 bridgehead atoms. The molecule has 2 heterocycles. The van der Waals surface area contributed by atoms with E-state index in [1.54, 1.807) is 12.1 Å². The smallest absolute Gasteiger partial charge is 0.298 e. The summed E-state index contributed by atoms with van der Waals surface area (Å²) in [6.07, 6.45) is 0.736. The van der Waals surface area contributed by atoms with Crippen LogP contribution in [-0.4, -0.2) is 37.6 Å². The Morgan fingerprint density at radius 3 is 2.83 bits per heavy atom. The van der Waals surface area contributed by atoms with Gasteiger partial charge in [-0.1, -0.05) is 11.6 Å². The average molecular weight is 267 g/mol. The highest BCUT2D eigenvalue weighted by molar-refractivity contribution is 6.31. The molecule has 1 aromatic carbocycles. The van der Waals surface area contributed by atoms with Gasteiger partial charge in [-0.3, -0.25) is 4.79 Å². The lowest BCUT2D eigenvalue weighted by molar-refractivity contribution is 0.112. The molecule has 0 radical (unpaired) electrons. The second kappa shape index (κ2) is 4.59. The number of benzene rings is 1. The van der Waals surface area contributed by atoms with E-state index in [0.717, 1.165) is 19.4 Å². The molecular formula is C12H11ClN2O3. The number of morpholine rings is 1. The molecule has 0 amide bonds. The summed E-state index contributed by atoms with van der Waals surface area (Å²) in [5.41, 5.74) is 1.53. The summed E-state index contributed by atoms with van der Waals surface area (Å²) in [7, 11) is 0. The van der Waals surface area contributed by atoms with Gasteiger partial charge in [-0.2, -0.15) is 4.98 Å². The van der Waals surface area contributed by atoms with Gasteiger partial charge in [0, 0.05) is 29.7 Å². The zero-order valence-electron chi connectivity index (χ0n) is 9.56. The van der Waals surface area contributed by atoms with E-state index in [9.17, 15) is 4.79 Å². The number of halogens is 1. The molecule has 94 valence electrons. The lowest BCUT2D eigenvalue weighted by Crippen LogP contribution is -2.36. The van der Waals surface area contributed by atoms with Crippen molar-refractivity contribution in [3.8, 4) is 0 Å². The van der Waals surface area contributed by atoms with Crippen molar-refractivity contribution in [2.45, 2.75) is 0 Å². The van der Waals surface area contributed by atoms with E-state index in [0.29, 0.717) is 40.9 Å². The number of ether oxygens (including phenoxy) is 1. The van der Waals surface area contributed by atoms with Crippen LogP contribution in [0, 0.1) is 0 Å². The molecule has 5 nitrogen and oxygen atoms in total. The van der Waals surface area contributed by atoms with E-state index in [4.69, 9.17) is 20.8 Å². The van der Waals surface area contributed by atoms with Crippen molar-refractivity contribution in [2.75, 3.05) is 31.2 Å². The molecule has 0 atom stereocenters. The molecule has 1 aliphatic rings. The highest BCUT2D eigenvalue weighted by atomic mass is 35.5. The van der Waals surface area contributed by atoms with Gasteiger partial charge in [0.1, 0.15) is 5.52 Å². The Bertz CT molecular complexity index is 590. The minimum Gasteiger partial charge on any atom is -0.423 e. The molecule has 2 aromatic rings. The molecule has 0 saturated carbocycles. The number of carbonyl (C=O) groups is 1. The van der Waals surface area contributed by atoms with Crippen LogP contribution in [0.3, 0.4) is 0 Å². The summed E-state index contributed by atoms with van der Waals surface area (Å²) in [5, 5.41) is 0.467. The van der Waals surface area contributed by atoms with E-state index in [1.165, 1.54) is 0 Å². The van der Waals surface area contributed by atoms with Crippen LogP contribution in [-0.2, 0) is 4.74 Å². The summed E-state index contributed by atoms with van der Waals surface area (Å²) in [6, 6.07) is 3.77. The lowest BCUT2D eigenvalue weighted by atomic mass is 10.2. The van der Waals surface area contributed by atoms with Crippen LogP contribution >= 0.6 is 11.6 Å². The van der Waals surface area contributed by atoms with E-state index >= 15 is 0 Å². The maximum atomic E-state index is 11.0. The van der Waals surface area contributed by atoms with E-state index < -0.39 is 0 Å². The molecule has 1 saturated heterocycles. The van der Waals surface area contributed by atoms with Gasteiger partial charge in [0.25, 0.3) is 6.01 Å². The summed E-state index contributed by atoms with van der Waals surface area (Å²) in [4.78, 5) is 17.3. The Morgan fingerprint density at radius 1 is 1.33 bits per heavy atom. The Morgan fingerprint density at radius 2 is 2.11 bits per heavy atom.